The highest BCUT2D eigenvalue weighted by molar-refractivity contribution is 5.63. The monoisotopic (exact) mass is 317 g/mol. The van der Waals surface area contributed by atoms with Crippen LogP contribution in [0, 0.1) is 0 Å². The highest BCUT2D eigenvalue weighted by atomic mass is 16.5. The van der Waals surface area contributed by atoms with E-state index in [0.29, 0.717) is 12.5 Å². The summed E-state index contributed by atoms with van der Waals surface area (Å²) < 4.78 is 5.22. The van der Waals surface area contributed by atoms with Crippen molar-refractivity contribution in [1.82, 2.24) is 0 Å². The van der Waals surface area contributed by atoms with Crippen LogP contribution in [0.15, 0.2) is 78.9 Å². The maximum absolute atomic E-state index is 6.01. The Hall–Kier alpha value is -2.58. The normalized spacial score (nSPS) is 11.9. The summed E-state index contributed by atoms with van der Waals surface area (Å²) in [4.78, 5) is 0. The summed E-state index contributed by atoms with van der Waals surface area (Å²) >= 11 is 0. The van der Waals surface area contributed by atoms with E-state index in [2.05, 4.69) is 60.7 Å². The summed E-state index contributed by atoms with van der Waals surface area (Å²) in [7, 11) is 1.68. The summed E-state index contributed by atoms with van der Waals surface area (Å²) in [5.74, 6) is 1.19. The van der Waals surface area contributed by atoms with E-state index in [4.69, 9.17) is 10.5 Å². The predicted octanol–water partition coefficient (Wildman–Crippen LogP) is 4.65. The van der Waals surface area contributed by atoms with Crippen molar-refractivity contribution in [2.75, 3.05) is 13.7 Å². The average Bonchev–Trinajstić information content (AvgIpc) is 2.67. The summed E-state index contributed by atoms with van der Waals surface area (Å²) in [6.07, 6.45) is 0.942. The first-order valence-electron chi connectivity index (χ1n) is 8.28. The molecule has 0 heterocycles. The number of benzene rings is 3. The third-order valence-electron chi connectivity index (χ3n) is 4.41. The summed E-state index contributed by atoms with van der Waals surface area (Å²) in [5.41, 5.74) is 11.1. The molecule has 0 aliphatic heterocycles. The van der Waals surface area contributed by atoms with Gasteiger partial charge in [0.25, 0.3) is 0 Å². The van der Waals surface area contributed by atoms with Crippen molar-refractivity contribution in [2.45, 2.75) is 12.3 Å². The number of methoxy groups -OCH3 is 1. The van der Waals surface area contributed by atoms with Crippen molar-refractivity contribution >= 4 is 0 Å². The number of ether oxygens (including phenoxy) is 1. The van der Waals surface area contributed by atoms with Crippen molar-refractivity contribution in [3.63, 3.8) is 0 Å². The van der Waals surface area contributed by atoms with E-state index in [-0.39, 0.29) is 0 Å². The molecule has 2 nitrogen and oxygen atoms in total. The Bertz CT molecular complexity index is 748. The van der Waals surface area contributed by atoms with E-state index >= 15 is 0 Å². The molecule has 1 atom stereocenters. The second kappa shape index (κ2) is 7.80. The van der Waals surface area contributed by atoms with Crippen LogP contribution in [0.1, 0.15) is 17.0 Å². The fraction of sp³-hybridized carbons (Fsp3) is 0.182. The molecule has 0 aliphatic carbocycles. The van der Waals surface area contributed by atoms with Crippen LogP contribution in [0.2, 0.25) is 0 Å². The zero-order valence-electron chi connectivity index (χ0n) is 14.0. The molecular formula is C22H23NO. The Kier molecular flexibility index (Phi) is 5.29. The number of nitrogens with two attached hydrogens (primary N) is 1. The van der Waals surface area contributed by atoms with E-state index in [0.717, 1.165) is 12.2 Å². The summed E-state index contributed by atoms with van der Waals surface area (Å²) in [5, 5.41) is 0. The minimum atomic E-state index is 0.318. The highest BCUT2D eigenvalue weighted by Crippen LogP contribution is 2.24. The molecule has 2 heteroatoms. The SMILES string of the molecule is COc1ccc(C(CN)Cc2ccc(-c3ccccc3)cc2)cc1. The highest BCUT2D eigenvalue weighted by Gasteiger charge is 2.11. The number of hydrogen-bond donors (Lipinski definition) is 1. The van der Waals surface area contributed by atoms with Gasteiger partial charge in [-0.3, -0.25) is 0 Å². The van der Waals surface area contributed by atoms with Crippen LogP contribution in [0.5, 0.6) is 5.75 Å². The van der Waals surface area contributed by atoms with E-state index < -0.39 is 0 Å². The smallest absolute Gasteiger partial charge is 0.118 e. The molecule has 0 amide bonds. The Morgan fingerprint density at radius 3 is 2.00 bits per heavy atom. The van der Waals surface area contributed by atoms with Crippen molar-refractivity contribution in [1.29, 1.82) is 0 Å². The molecule has 0 aromatic heterocycles. The second-order valence-electron chi connectivity index (χ2n) is 5.97. The van der Waals surface area contributed by atoms with Crippen LogP contribution in [-0.2, 0) is 6.42 Å². The predicted molar refractivity (Wildman–Crippen MR) is 100 cm³/mol. The molecule has 3 aromatic carbocycles. The van der Waals surface area contributed by atoms with Gasteiger partial charge in [-0.15, -0.1) is 0 Å². The quantitative estimate of drug-likeness (QED) is 0.718. The maximum atomic E-state index is 6.01. The second-order valence-corrected chi connectivity index (χ2v) is 5.97. The Balaban J connectivity index is 1.73. The molecule has 0 fully saturated rings. The fourth-order valence-corrected chi connectivity index (χ4v) is 2.96. The lowest BCUT2D eigenvalue weighted by Gasteiger charge is -2.16. The molecule has 122 valence electrons. The fourth-order valence-electron chi connectivity index (χ4n) is 2.96. The first-order valence-corrected chi connectivity index (χ1v) is 8.28. The van der Waals surface area contributed by atoms with Crippen LogP contribution in [0.3, 0.4) is 0 Å². The molecule has 3 rings (SSSR count). The van der Waals surface area contributed by atoms with Gasteiger partial charge >= 0.3 is 0 Å². The number of rotatable bonds is 6. The van der Waals surface area contributed by atoms with Gasteiger partial charge in [0.05, 0.1) is 7.11 Å². The molecule has 0 bridgehead atoms. The Labute approximate surface area is 143 Å². The van der Waals surface area contributed by atoms with Gasteiger partial charge in [-0.1, -0.05) is 66.7 Å². The minimum Gasteiger partial charge on any atom is -0.497 e. The van der Waals surface area contributed by atoms with Gasteiger partial charge in [0.2, 0.25) is 0 Å². The van der Waals surface area contributed by atoms with E-state index in [1.54, 1.807) is 7.11 Å². The molecule has 0 spiro atoms. The summed E-state index contributed by atoms with van der Waals surface area (Å²) in [6, 6.07) is 27.4. The maximum Gasteiger partial charge on any atom is 0.118 e. The van der Waals surface area contributed by atoms with Gasteiger partial charge in [0, 0.05) is 5.92 Å². The molecule has 1 unspecified atom stereocenters. The van der Waals surface area contributed by atoms with Crippen LogP contribution in [0.25, 0.3) is 11.1 Å². The third-order valence-corrected chi connectivity index (χ3v) is 4.41. The lowest BCUT2D eigenvalue weighted by Crippen LogP contribution is -2.15. The van der Waals surface area contributed by atoms with Crippen molar-refractivity contribution < 1.29 is 4.74 Å². The molecule has 2 N–H and O–H groups in total. The lowest BCUT2D eigenvalue weighted by molar-refractivity contribution is 0.414. The Morgan fingerprint density at radius 2 is 1.42 bits per heavy atom. The van der Waals surface area contributed by atoms with Crippen LogP contribution >= 0.6 is 0 Å². The van der Waals surface area contributed by atoms with Gasteiger partial charge in [-0.2, -0.15) is 0 Å². The zero-order chi connectivity index (χ0) is 16.8. The van der Waals surface area contributed by atoms with Gasteiger partial charge in [-0.05, 0) is 47.4 Å². The molecule has 0 saturated carbocycles. The van der Waals surface area contributed by atoms with E-state index in [9.17, 15) is 0 Å². The standard InChI is InChI=1S/C22H23NO/c1-24-22-13-11-20(12-14-22)21(16-23)15-17-7-9-19(10-8-17)18-5-3-2-4-6-18/h2-14,21H,15-16,23H2,1H3. The van der Waals surface area contributed by atoms with Crippen LogP contribution in [0.4, 0.5) is 0 Å². The van der Waals surface area contributed by atoms with E-state index in [1.165, 1.54) is 22.3 Å². The topological polar surface area (TPSA) is 35.2 Å². The van der Waals surface area contributed by atoms with E-state index in [1.807, 2.05) is 18.2 Å². The molecular weight excluding hydrogens is 294 g/mol. The molecule has 0 aliphatic rings. The number of hydrogen-bond acceptors (Lipinski definition) is 2. The molecule has 3 aromatic rings. The van der Waals surface area contributed by atoms with Gasteiger partial charge < -0.3 is 10.5 Å². The van der Waals surface area contributed by atoms with Gasteiger partial charge in [-0.25, -0.2) is 0 Å². The van der Waals surface area contributed by atoms with Gasteiger partial charge in [0.1, 0.15) is 5.75 Å². The zero-order valence-corrected chi connectivity index (χ0v) is 14.0. The average molecular weight is 317 g/mol. The van der Waals surface area contributed by atoms with Crippen molar-refractivity contribution in [3.8, 4) is 16.9 Å². The summed E-state index contributed by atoms with van der Waals surface area (Å²) in [6.45, 7) is 0.632. The largest absolute Gasteiger partial charge is 0.497 e. The van der Waals surface area contributed by atoms with Gasteiger partial charge in [0.15, 0.2) is 0 Å². The molecule has 0 saturated heterocycles. The minimum absolute atomic E-state index is 0.318. The Morgan fingerprint density at radius 1 is 0.792 bits per heavy atom. The molecule has 0 radical (unpaired) electrons. The molecule has 24 heavy (non-hydrogen) atoms. The van der Waals surface area contributed by atoms with Crippen LogP contribution < -0.4 is 10.5 Å². The van der Waals surface area contributed by atoms with Crippen LogP contribution in [-0.4, -0.2) is 13.7 Å². The third kappa shape index (κ3) is 3.84. The van der Waals surface area contributed by atoms with Crippen molar-refractivity contribution in [3.05, 3.63) is 90.0 Å². The van der Waals surface area contributed by atoms with Crippen molar-refractivity contribution in [2.24, 2.45) is 5.73 Å². The lowest BCUT2D eigenvalue weighted by atomic mass is 9.91. The first-order chi connectivity index (χ1) is 11.8. The first kappa shape index (κ1) is 16.3.